The molecule has 0 spiro atoms. The van der Waals surface area contributed by atoms with Crippen molar-refractivity contribution in [3.8, 4) is 5.75 Å². The monoisotopic (exact) mass is 449 g/mol. The molecule has 0 aromatic heterocycles. The fourth-order valence-corrected chi connectivity index (χ4v) is 6.88. The van der Waals surface area contributed by atoms with Crippen molar-refractivity contribution in [2.24, 2.45) is 0 Å². The average Bonchev–Trinajstić information content (AvgIpc) is 2.67. The lowest BCUT2D eigenvalue weighted by atomic mass is 9.97. The average molecular weight is 450 g/mol. The van der Waals surface area contributed by atoms with Crippen LogP contribution in [-0.2, 0) is 19.9 Å². The first-order chi connectivity index (χ1) is 14.0. The van der Waals surface area contributed by atoms with Gasteiger partial charge in [0.05, 0.1) is 5.69 Å². The van der Waals surface area contributed by atoms with Gasteiger partial charge in [-0.1, -0.05) is 42.5 Å². The SMILES string of the molecule is CS(=O)(=O)C1(S(=O)(=O)Nc2ccc(C(=O)O)c(O)c2)C=CC=C(c2ccccc2)C1. The summed E-state index contributed by atoms with van der Waals surface area (Å²) in [6.45, 7) is 0. The lowest BCUT2D eigenvalue weighted by Gasteiger charge is -2.32. The van der Waals surface area contributed by atoms with E-state index in [9.17, 15) is 26.7 Å². The van der Waals surface area contributed by atoms with Crippen molar-refractivity contribution in [1.29, 1.82) is 0 Å². The molecule has 1 aliphatic rings. The van der Waals surface area contributed by atoms with Crippen LogP contribution in [0, 0.1) is 0 Å². The second-order valence-corrected chi connectivity index (χ2v) is 11.3. The highest BCUT2D eigenvalue weighted by Gasteiger charge is 2.52. The topological polar surface area (TPSA) is 138 Å². The number of carboxylic acids is 1. The van der Waals surface area contributed by atoms with Gasteiger partial charge in [0.1, 0.15) is 11.3 Å². The number of carbonyl (C=O) groups is 1. The zero-order valence-corrected chi connectivity index (χ0v) is 17.4. The molecule has 1 atom stereocenters. The van der Waals surface area contributed by atoms with Gasteiger partial charge in [-0.25, -0.2) is 21.6 Å². The molecule has 0 aliphatic heterocycles. The molecule has 2 aromatic rings. The zero-order chi connectivity index (χ0) is 22.2. The Morgan fingerprint density at radius 1 is 1.07 bits per heavy atom. The quantitative estimate of drug-likeness (QED) is 0.616. The number of benzene rings is 2. The van der Waals surface area contributed by atoms with Crippen LogP contribution in [0.15, 0.2) is 66.8 Å². The number of sulfonamides is 1. The predicted molar refractivity (Wildman–Crippen MR) is 113 cm³/mol. The maximum absolute atomic E-state index is 13.3. The van der Waals surface area contributed by atoms with Crippen molar-refractivity contribution in [2.45, 2.75) is 10.5 Å². The van der Waals surface area contributed by atoms with E-state index in [1.165, 1.54) is 6.08 Å². The molecule has 0 amide bonds. The van der Waals surface area contributed by atoms with Crippen LogP contribution in [0.4, 0.5) is 5.69 Å². The molecule has 1 aliphatic carbocycles. The number of carboxylic acid groups (broad SMARTS) is 1. The second kappa shape index (κ2) is 7.62. The third-order valence-corrected chi connectivity index (χ3v) is 9.59. The minimum atomic E-state index is -4.57. The second-order valence-electron chi connectivity index (χ2n) is 6.82. The number of phenols is 1. The summed E-state index contributed by atoms with van der Waals surface area (Å²) in [7, 11) is -8.74. The summed E-state index contributed by atoms with van der Waals surface area (Å²) in [6, 6.07) is 11.9. The molecule has 0 saturated heterocycles. The van der Waals surface area contributed by atoms with Crippen molar-refractivity contribution < 1.29 is 31.8 Å². The first kappa shape index (κ1) is 21.6. The summed E-state index contributed by atoms with van der Waals surface area (Å²) in [5, 5.41) is 18.8. The molecule has 0 fully saturated rings. The largest absolute Gasteiger partial charge is 0.507 e. The molecular formula is C20H19NO7S2. The fraction of sp³-hybridized carbons (Fsp3) is 0.150. The summed E-state index contributed by atoms with van der Waals surface area (Å²) >= 11 is 0. The van der Waals surface area contributed by atoms with E-state index in [0.29, 0.717) is 11.1 Å². The Kier molecular flexibility index (Phi) is 5.48. The van der Waals surface area contributed by atoms with Crippen LogP contribution in [0.25, 0.3) is 5.57 Å². The number of hydrogen-bond acceptors (Lipinski definition) is 6. The van der Waals surface area contributed by atoms with E-state index < -0.39 is 41.2 Å². The van der Waals surface area contributed by atoms with Gasteiger partial charge in [-0.2, -0.15) is 0 Å². The molecule has 0 bridgehead atoms. The normalized spacial score (nSPS) is 19.2. The molecular weight excluding hydrogens is 430 g/mol. The fourth-order valence-electron chi connectivity index (χ4n) is 3.20. The summed E-state index contributed by atoms with van der Waals surface area (Å²) < 4.78 is 51.8. The summed E-state index contributed by atoms with van der Waals surface area (Å²) in [4.78, 5) is 11.0. The van der Waals surface area contributed by atoms with E-state index in [2.05, 4.69) is 4.72 Å². The molecule has 10 heteroatoms. The summed E-state index contributed by atoms with van der Waals surface area (Å²) in [6.07, 6.45) is 4.68. The van der Waals surface area contributed by atoms with E-state index in [1.807, 2.05) is 0 Å². The maximum Gasteiger partial charge on any atom is 0.339 e. The highest BCUT2D eigenvalue weighted by Crippen LogP contribution is 2.40. The number of sulfone groups is 1. The lowest BCUT2D eigenvalue weighted by Crippen LogP contribution is -2.48. The number of aromatic carboxylic acids is 1. The van der Waals surface area contributed by atoms with E-state index in [4.69, 9.17) is 5.11 Å². The Morgan fingerprint density at radius 3 is 2.30 bits per heavy atom. The van der Waals surface area contributed by atoms with E-state index in [-0.39, 0.29) is 12.1 Å². The van der Waals surface area contributed by atoms with Crippen LogP contribution in [0.1, 0.15) is 22.3 Å². The van der Waals surface area contributed by atoms with Crippen LogP contribution >= 0.6 is 0 Å². The molecule has 1 unspecified atom stereocenters. The van der Waals surface area contributed by atoms with Crippen LogP contribution in [0.3, 0.4) is 0 Å². The number of allylic oxidation sites excluding steroid dienone is 3. The van der Waals surface area contributed by atoms with Gasteiger partial charge < -0.3 is 10.2 Å². The smallest absolute Gasteiger partial charge is 0.339 e. The van der Waals surface area contributed by atoms with Crippen molar-refractivity contribution in [3.63, 3.8) is 0 Å². The van der Waals surface area contributed by atoms with Crippen LogP contribution in [0.5, 0.6) is 5.75 Å². The Bertz CT molecular complexity index is 1260. The molecule has 0 heterocycles. The van der Waals surface area contributed by atoms with Crippen LogP contribution in [0.2, 0.25) is 0 Å². The van der Waals surface area contributed by atoms with Gasteiger partial charge in [-0.3, -0.25) is 4.72 Å². The molecule has 2 aromatic carbocycles. The molecule has 158 valence electrons. The van der Waals surface area contributed by atoms with Gasteiger partial charge in [0.2, 0.25) is 4.08 Å². The highest BCUT2D eigenvalue weighted by molar-refractivity contribution is 8.10. The zero-order valence-electron chi connectivity index (χ0n) is 15.8. The van der Waals surface area contributed by atoms with Gasteiger partial charge >= 0.3 is 5.97 Å². The van der Waals surface area contributed by atoms with Crippen molar-refractivity contribution in [2.75, 3.05) is 11.0 Å². The first-order valence-corrected chi connectivity index (χ1v) is 12.1. The molecule has 0 radical (unpaired) electrons. The van der Waals surface area contributed by atoms with Gasteiger partial charge in [0.25, 0.3) is 10.0 Å². The predicted octanol–water partition coefficient (Wildman–Crippen LogP) is 2.62. The molecule has 30 heavy (non-hydrogen) atoms. The van der Waals surface area contributed by atoms with E-state index in [0.717, 1.165) is 30.5 Å². The van der Waals surface area contributed by atoms with Gasteiger partial charge in [-0.05, 0) is 29.3 Å². The molecule has 3 rings (SSSR count). The van der Waals surface area contributed by atoms with Crippen molar-refractivity contribution in [3.05, 3.63) is 77.9 Å². The Balaban J connectivity index is 2.04. The Morgan fingerprint density at radius 2 is 1.73 bits per heavy atom. The first-order valence-electron chi connectivity index (χ1n) is 8.69. The minimum absolute atomic E-state index is 0.162. The van der Waals surface area contributed by atoms with Crippen molar-refractivity contribution >= 4 is 37.1 Å². The van der Waals surface area contributed by atoms with Crippen molar-refractivity contribution in [1.82, 2.24) is 0 Å². The standard InChI is InChI=1S/C20H19NO7S2/c1-29(25,26)20(11-5-8-15(13-20)14-6-3-2-4-7-14)30(27,28)21-16-9-10-17(19(23)24)18(22)12-16/h2-12,21-22H,13H2,1H3,(H,23,24). The van der Waals surface area contributed by atoms with Gasteiger partial charge in [0, 0.05) is 18.7 Å². The number of aromatic hydroxyl groups is 1. The van der Waals surface area contributed by atoms with Crippen LogP contribution < -0.4 is 4.72 Å². The molecule has 0 saturated carbocycles. The maximum atomic E-state index is 13.3. The number of rotatable bonds is 6. The lowest BCUT2D eigenvalue weighted by molar-refractivity contribution is 0.0693. The van der Waals surface area contributed by atoms with Gasteiger partial charge in [0.15, 0.2) is 9.84 Å². The number of anilines is 1. The van der Waals surface area contributed by atoms with E-state index in [1.54, 1.807) is 36.4 Å². The number of nitrogens with one attached hydrogen (secondary N) is 1. The summed E-state index contributed by atoms with van der Waals surface area (Å²) in [5.74, 6) is -2.04. The minimum Gasteiger partial charge on any atom is -0.507 e. The Labute approximate surface area is 174 Å². The molecule has 3 N–H and O–H groups in total. The van der Waals surface area contributed by atoms with E-state index >= 15 is 0 Å². The highest BCUT2D eigenvalue weighted by atomic mass is 32.3. The number of hydrogen-bond donors (Lipinski definition) is 3. The Hall–Kier alpha value is -3.11. The third kappa shape index (κ3) is 3.83. The van der Waals surface area contributed by atoms with Crippen LogP contribution in [-0.4, -0.2) is 43.4 Å². The molecule has 8 nitrogen and oxygen atoms in total. The third-order valence-electron chi connectivity index (χ3n) is 4.79. The van der Waals surface area contributed by atoms with Gasteiger partial charge in [-0.15, -0.1) is 0 Å². The summed E-state index contributed by atoms with van der Waals surface area (Å²) in [5.41, 5.74) is 0.638.